The Bertz CT molecular complexity index is 1140. The molecule has 0 fully saturated rings. The SMILES string of the molecule is COC(=O)[C@H](Cc1ccc(C(=O)c2ccccc2)cc1)NC(=O)Cc1ccc(C(F)(F)F)cc1. The van der Waals surface area contributed by atoms with E-state index in [1.165, 1.54) is 19.2 Å². The molecule has 3 rings (SSSR count). The number of amides is 1. The Morgan fingerprint density at radius 1 is 0.824 bits per heavy atom. The van der Waals surface area contributed by atoms with Crippen molar-refractivity contribution in [1.82, 2.24) is 5.32 Å². The third kappa shape index (κ3) is 6.54. The van der Waals surface area contributed by atoms with Crippen LogP contribution in [0.25, 0.3) is 0 Å². The summed E-state index contributed by atoms with van der Waals surface area (Å²) in [6, 6.07) is 18.7. The molecule has 34 heavy (non-hydrogen) atoms. The Balaban J connectivity index is 1.65. The van der Waals surface area contributed by atoms with Crippen molar-refractivity contribution in [3.05, 3.63) is 107 Å². The summed E-state index contributed by atoms with van der Waals surface area (Å²) >= 11 is 0. The number of carbonyl (C=O) groups is 3. The minimum absolute atomic E-state index is 0.116. The number of benzene rings is 3. The molecule has 0 aromatic heterocycles. The van der Waals surface area contributed by atoms with Crippen molar-refractivity contribution >= 4 is 17.7 Å². The molecule has 0 aliphatic heterocycles. The fourth-order valence-electron chi connectivity index (χ4n) is 3.36. The summed E-state index contributed by atoms with van der Waals surface area (Å²) in [5.41, 5.74) is 1.29. The molecule has 0 radical (unpaired) electrons. The van der Waals surface area contributed by atoms with Gasteiger partial charge in [0.05, 0.1) is 19.1 Å². The van der Waals surface area contributed by atoms with Gasteiger partial charge in [0.1, 0.15) is 6.04 Å². The summed E-state index contributed by atoms with van der Waals surface area (Å²) in [7, 11) is 1.19. The van der Waals surface area contributed by atoms with Crippen molar-refractivity contribution in [2.24, 2.45) is 0 Å². The molecule has 0 saturated heterocycles. The molecular formula is C26H22F3NO4. The lowest BCUT2D eigenvalue weighted by Gasteiger charge is -2.17. The molecule has 3 aromatic carbocycles. The molecule has 0 heterocycles. The van der Waals surface area contributed by atoms with Gasteiger partial charge in [-0.2, -0.15) is 13.2 Å². The first-order valence-corrected chi connectivity index (χ1v) is 10.4. The minimum atomic E-state index is -4.46. The Labute approximate surface area is 194 Å². The normalized spacial score (nSPS) is 12.0. The van der Waals surface area contributed by atoms with Crippen LogP contribution in [0.15, 0.2) is 78.9 Å². The van der Waals surface area contributed by atoms with Crippen LogP contribution in [-0.4, -0.2) is 30.8 Å². The van der Waals surface area contributed by atoms with E-state index in [2.05, 4.69) is 5.32 Å². The van der Waals surface area contributed by atoms with Gasteiger partial charge in [-0.15, -0.1) is 0 Å². The highest BCUT2D eigenvalue weighted by molar-refractivity contribution is 6.08. The van der Waals surface area contributed by atoms with Crippen LogP contribution in [0.2, 0.25) is 0 Å². The zero-order valence-corrected chi connectivity index (χ0v) is 18.3. The van der Waals surface area contributed by atoms with Crippen LogP contribution in [0.1, 0.15) is 32.6 Å². The van der Waals surface area contributed by atoms with Gasteiger partial charge in [-0.3, -0.25) is 9.59 Å². The monoisotopic (exact) mass is 469 g/mol. The topological polar surface area (TPSA) is 72.5 Å². The fourth-order valence-corrected chi connectivity index (χ4v) is 3.36. The summed E-state index contributed by atoms with van der Waals surface area (Å²) < 4.78 is 42.9. The molecule has 0 spiro atoms. The average molecular weight is 469 g/mol. The molecule has 0 bridgehead atoms. The van der Waals surface area contributed by atoms with E-state index in [1.807, 2.05) is 6.07 Å². The van der Waals surface area contributed by atoms with Gasteiger partial charge in [0.15, 0.2) is 5.78 Å². The van der Waals surface area contributed by atoms with Gasteiger partial charge < -0.3 is 10.1 Å². The molecule has 1 amide bonds. The summed E-state index contributed by atoms with van der Waals surface area (Å²) in [4.78, 5) is 37.2. The fraction of sp³-hybridized carbons (Fsp3) is 0.192. The number of alkyl halides is 3. The van der Waals surface area contributed by atoms with Crippen LogP contribution >= 0.6 is 0 Å². The van der Waals surface area contributed by atoms with Gasteiger partial charge in [-0.1, -0.05) is 66.7 Å². The molecule has 0 unspecified atom stereocenters. The highest BCUT2D eigenvalue weighted by Gasteiger charge is 2.30. The van der Waals surface area contributed by atoms with E-state index in [9.17, 15) is 27.6 Å². The summed E-state index contributed by atoms with van der Waals surface area (Å²) in [5, 5.41) is 2.57. The Kier molecular flexibility index (Phi) is 7.83. The molecule has 0 saturated carbocycles. The van der Waals surface area contributed by atoms with E-state index < -0.39 is 29.7 Å². The van der Waals surface area contributed by atoms with E-state index in [4.69, 9.17) is 4.74 Å². The van der Waals surface area contributed by atoms with Crippen LogP contribution in [0.5, 0.6) is 0 Å². The number of methoxy groups -OCH3 is 1. The Morgan fingerprint density at radius 3 is 1.94 bits per heavy atom. The molecule has 176 valence electrons. The third-order valence-electron chi connectivity index (χ3n) is 5.16. The largest absolute Gasteiger partial charge is 0.467 e. The predicted octanol–water partition coefficient (Wildman–Crippen LogP) is 4.38. The number of carbonyl (C=O) groups excluding carboxylic acids is 3. The van der Waals surface area contributed by atoms with Gasteiger partial charge in [0, 0.05) is 17.5 Å². The third-order valence-corrected chi connectivity index (χ3v) is 5.16. The van der Waals surface area contributed by atoms with Gasteiger partial charge in [0.2, 0.25) is 5.91 Å². The van der Waals surface area contributed by atoms with Crippen molar-refractivity contribution in [2.75, 3.05) is 7.11 Å². The molecule has 0 aliphatic rings. The van der Waals surface area contributed by atoms with Gasteiger partial charge in [-0.25, -0.2) is 4.79 Å². The molecule has 1 atom stereocenters. The molecule has 5 nitrogen and oxygen atoms in total. The number of rotatable bonds is 8. The number of esters is 1. The van der Waals surface area contributed by atoms with E-state index in [1.54, 1.807) is 48.5 Å². The maximum absolute atomic E-state index is 12.7. The first-order chi connectivity index (χ1) is 16.2. The van der Waals surface area contributed by atoms with Crippen molar-refractivity contribution in [2.45, 2.75) is 25.1 Å². The van der Waals surface area contributed by atoms with E-state index in [0.717, 1.165) is 12.1 Å². The lowest BCUT2D eigenvalue weighted by molar-refractivity contribution is -0.145. The van der Waals surface area contributed by atoms with Gasteiger partial charge >= 0.3 is 12.1 Å². The van der Waals surface area contributed by atoms with Crippen LogP contribution in [0, 0.1) is 0 Å². The number of ether oxygens (including phenoxy) is 1. The van der Waals surface area contributed by atoms with Crippen LogP contribution in [0.4, 0.5) is 13.2 Å². The quantitative estimate of drug-likeness (QED) is 0.393. The highest BCUT2D eigenvalue weighted by atomic mass is 19.4. The van der Waals surface area contributed by atoms with Crippen LogP contribution in [-0.2, 0) is 33.3 Å². The molecular weight excluding hydrogens is 447 g/mol. The second kappa shape index (κ2) is 10.8. The molecule has 1 N–H and O–H groups in total. The standard InChI is InChI=1S/C26H22F3NO4/c1-34-25(33)22(30-23(31)16-18-9-13-21(14-10-18)26(27,28)29)15-17-7-11-20(12-8-17)24(32)19-5-3-2-4-6-19/h2-14,22H,15-16H2,1H3,(H,30,31)/t22-/m0/s1. The number of halogens is 3. The first kappa shape index (κ1) is 24.7. The summed E-state index contributed by atoms with van der Waals surface area (Å²) in [6.07, 6.45) is -4.54. The smallest absolute Gasteiger partial charge is 0.416 e. The number of hydrogen-bond donors (Lipinski definition) is 1. The Hall–Kier alpha value is -3.94. The van der Waals surface area contributed by atoms with E-state index in [0.29, 0.717) is 22.3 Å². The summed E-state index contributed by atoms with van der Waals surface area (Å²) in [6.45, 7) is 0. The van der Waals surface area contributed by atoms with E-state index >= 15 is 0 Å². The second-order valence-corrected chi connectivity index (χ2v) is 7.61. The van der Waals surface area contributed by atoms with Crippen LogP contribution < -0.4 is 5.32 Å². The van der Waals surface area contributed by atoms with E-state index in [-0.39, 0.29) is 18.6 Å². The zero-order valence-electron chi connectivity index (χ0n) is 18.3. The van der Waals surface area contributed by atoms with Gasteiger partial charge in [-0.05, 0) is 23.3 Å². The maximum atomic E-state index is 12.7. The zero-order chi connectivity index (χ0) is 24.7. The number of nitrogens with one attached hydrogen (secondary N) is 1. The molecule has 8 heteroatoms. The predicted molar refractivity (Wildman–Crippen MR) is 119 cm³/mol. The molecule has 0 aliphatic carbocycles. The molecule has 3 aromatic rings. The van der Waals surface area contributed by atoms with Crippen molar-refractivity contribution in [3.8, 4) is 0 Å². The van der Waals surface area contributed by atoms with Crippen molar-refractivity contribution in [3.63, 3.8) is 0 Å². The lowest BCUT2D eigenvalue weighted by atomic mass is 9.99. The van der Waals surface area contributed by atoms with Crippen molar-refractivity contribution in [1.29, 1.82) is 0 Å². The van der Waals surface area contributed by atoms with Crippen molar-refractivity contribution < 1.29 is 32.3 Å². The number of ketones is 1. The average Bonchev–Trinajstić information content (AvgIpc) is 2.83. The lowest BCUT2D eigenvalue weighted by Crippen LogP contribution is -2.43. The summed E-state index contributed by atoms with van der Waals surface area (Å²) in [5.74, 6) is -1.34. The first-order valence-electron chi connectivity index (χ1n) is 10.4. The highest BCUT2D eigenvalue weighted by Crippen LogP contribution is 2.29. The van der Waals surface area contributed by atoms with Crippen LogP contribution in [0.3, 0.4) is 0 Å². The Morgan fingerprint density at radius 2 is 1.38 bits per heavy atom. The second-order valence-electron chi connectivity index (χ2n) is 7.61. The maximum Gasteiger partial charge on any atom is 0.416 e. The minimum Gasteiger partial charge on any atom is -0.467 e. The number of hydrogen-bond acceptors (Lipinski definition) is 4. The van der Waals surface area contributed by atoms with Gasteiger partial charge in [0.25, 0.3) is 0 Å².